The number of benzene rings is 1. The first kappa shape index (κ1) is 15.2. The summed E-state index contributed by atoms with van der Waals surface area (Å²) in [7, 11) is 0. The van der Waals surface area contributed by atoms with Crippen molar-refractivity contribution in [1.82, 2.24) is 15.0 Å². The van der Waals surface area contributed by atoms with E-state index in [-0.39, 0.29) is 12.5 Å². The molecular formula is C15H21N5O. The van der Waals surface area contributed by atoms with E-state index in [4.69, 9.17) is 5.73 Å². The summed E-state index contributed by atoms with van der Waals surface area (Å²) in [5.41, 5.74) is 8.21. The van der Waals surface area contributed by atoms with Gasteiger partial charge in [-0.3, -0.25) is 4.79 Å². The van der Waals surface area contributed by atoms with Gasteiger partial charge in [-0.25, -0.2) is 4.68 Å². The van der Waals surface area contributed by atoms with Crippen LogP contribution in [0.2, 0.25) is 0 Å². The number of aryl methyl sites for hydroxylation is 2. The van der Waals surface area contributed by atoms with E-state index in [9.17, 15) is 4.79 Å². The van der Waals surface area contributed by atoms with Crippen LogP contribution in [-0.2, 0) is 17.8 Å². The Hall–Kier alpha value is -2.21. The number of hydrogen-bond donors (Lipinski definition) is 2. The number of para-hydroxylation sites is 1. The molecule has 2 rings (SSSR count). The molecule has 0 radical (unpaired) electrons. The van der Waals surface area contributed by atoms with Crippen LogP contribution in [0.5, 0.6) is 0 Å². The van der Waals surface area contributed by atoms with Crippen LogP contribution in [0.3, 0.4) is 0 Å². The predicted octanol–water partition coefficient (Wildman–Crippen LogP) is 1.51. The van der Waals surface area contributed by atoms with Crippen LogP contribution in [0.15, 0.2) is 30.5 Å². The van der Waals surface area contributed by atoms with Crippen LogP contribution in [0.25, 0.3) is 0 Å². The third-order valence-corrected chi connectivity index (χ3v) is 3.20. The molecule has 1 aromatic heterocycles. The van der Waals surface area contributed by atoms with Crippen molar-refractivity contribution in [2.24, 2.45) is 5.73 Å². The number of rotatable bonds is 7. The molecule has 0 saturated carbocycles. The molecule has 6 nitrogen and oxygen atoms in total. The fourth-order valence-corrected chi connectivity index (χ4v) is 2.03. The number of nitrogens with zero attached hydrogens (tertiary/aromatic N) is 3. The zero-order chi connectivity index (χ0) is 15.1. The number of aromatic nitrogens is 3. The molecule has 2 aromatic rings. The van der Waals surface area contributed by atoms with Gasteiger partial charge in [-0.05, 0) is 44.4 Å². The van der Waals surface area contributed by atoms with Gasteiger partial charge >= 0.3 is 0 Å². The van der Waals surface area contributed by atoms with Gasteiger partial charge in [0.05, 0.1) is 5.69 Å². The molecule has 0 atom stereocenters. The maximum absolute atomic E-state index is 12.0. The number of nitrogens with two attached hydrogens (primary N) is 1. The first-order valence-corrected chi connectivity index (χ1v) is 7.13. The van der Waals surface area contributed by atoms with Crippen LogP contribution in [0.4, 0.5) is 5.69 Å². The molecule has 0 fully saturated rings. The molecule has 21 heavy (non-hydrogen) atoms. The van der Waals surface area contributed by atoms with Gasteiger partial charge in [0.25, 0.3) is 0 Å². The lowest BCUT2D eigenvalue weighted by Crippen LogP contribution is -2.19. The van der Waals surface area contributed by atoms with E-state index in [0.717, 1.165) is 36.2 Å². The van der Waals surface area contributed by atoms with E-state index in [1.54, 1.807) is 4.68 Å². The largest absolute Gasteiger partial charge is 0.330 e. The zero-order valence-corrected chi connectivity index (χ0v) is 12.2. The van der Waals surface area contributed by atoms with Gasteiger partial charge in [0.1, 0.15) is 6.54 Å². The quantitative estimate of drug-likeness (QED) is 0.756. The average Bonchev–Trinajstić information content (AvgIpc) is 2.89. The van der Waals surface area contributed by atoms with Gasteiger partial charge in [0.15, 0.2) is 0 Å². The Balaban J connectivity index is 1.87. The van der Waals surface area contributed by atoms with Crippen molar-refractivity contribution in [2.45, 2.75) is 32.7 Å². The minimum Gasteiger partial charge on any atom is -0.330 e. The summed E-state index contributed by atoms with van der Waals surface area (Å²) in [6.07, 6.45) is 4.62. The summed E-state index contributed by atoms with van der Waals surface area (Å²) in [6, 6.07) is 7.68. The first-order chi connectivity index (χ1) is 10.2. The van der Waals surface area contributed by atoms with E-state index in [0.29, 0.717) is 6.54 Å². The molecule has 1 amide bonds. The van der Waals surface area contributed by atoms with E-state index in [2.05, 4.69) is 15.6 Å². The average molecular weight is 287 g/mol. The standard InChI is InChI=1S/C15H21N5O/c1-12-6-2-3-8-14(12)17-15(21)11-20-10-13(18-19-20)7-4-5-9-16/h2-3,6,8,10H,4-5,7,9,11,16H2,1H3,(H,17,21). The summed E-state index contributed by atoms with van der Waals surface area (Å²) in [4.78, 5) is 12.0. The van der Waals surface area contributed by atoms with Gasteiger partial charge in [-0.1, -0.05) is 23.4 Å². The molecule has 112 valence electrons. The second kappa shape index (κ2) is 7.54. The molecule has 0 spiro atoms. The van der Waals surface area contributed by atoms with Gasteiger partial charge in [-0.2, -0.15) is 0 Å². The van der Waals surface area contributed by atoms with Crippen LogP contribution < -0.4 is 11.1 Å². The number of hydrogen-bond acceptors (Lipinski definition) is 4. The summed E-state index contributed by atoms with van der Waals surface area (Å²) in [6.45, 7) is 2.81. The normalized spacial score (nSPS) is 10.6. The lowest BCUT2D eigenvalue weighted by Gasteiger charge is -2.07. The minimum atomic E-state index is -0.109. The minimum absolute atomic E-state index is 0.109. The molecule has 0 aliphatic carbocycles. The van der Waals surface area contributed by atoms with Crippen molar-refractivity contribution < 1.29 is 4.79 Å². The second-order valence-corrected chi connectivity index (χ2v) is 5.02. The van der Waals surface area contributed by atoms with Crippen molar-refractivity contribution in [3.05, 3.63) is 41.7 Å². The molecule has 3 N–H and O–H groups in total. The Morgan fingerprint density at radius 3 is 2.90 bits per heavy atom. The van der Waals surface area contributed by atoms with Gasteiger partial charge in [-0.15, -0.1) is 5.10 Å². The van der Waals surface area contributed by atoms with Crippen molar-refractivity contribution in [1.29, 1.82) is 0 Å². The zero-order valence-electron chi connectivity index (χ0n) is 12.2. The Bertz CT molecular complexity index is 593. The molecular weight excluding hydrogens is 266 g/mol. The second-order valence-electron chi connectivity index (χ2n) is 5.02. The molecule has 1 heterocycles. The lowest BCUT2D eigenvalue weighted by atomic mass is 10.2. The maximum Gasteiger partial charge on any atom is 0.246 e. The summed E-state index contributed by atoms with van der Waals surface area (Å²) < 4.78 is 1.56. The fraction of sp³-hybridized carbons (Fsp3) is 0.400. The lowest BCUT2D eigenvalue weighted by molar-refractivity contribution is -0.116. The number of carbonyl (C=O) groups is 1. The summed E-state index contributed by atoms with van der Waals surface area (Å²) in [5, 5.41) is 10.9. The summed E-state index contributed by atoms with van der Waals surface area (Å²) in [5.74, 6) is -0.109. The van der Waals surface area contributed by atoms with Crippen molar-refractivity contribution in [3.63, 3.8) is 0 Å². The van der Waals surface area contributed by atoms with Crippen LogP contribution in [0.1, 0.15) is 24.1 Å². The smallest absolute Gasteiger partial charge is 0.246 e. The highest BCUT2D eigenvalue weighted by Gasteiger charge is 2.07. The van der Waals surface area contributed by atoms with Crippen LogP contribution in [-0.4, -0.2) is 27.4 Å². The number of anilines is 1. The Morgan fingerprint density at radius 2 is 2.14 bits per heavy atom. The predicted molar refractivity (Wildman–Crippen MR) is 81.8 cm³/mol. The van der Waals surface area contributed by atoms with Gasteiger partial charge < -0.3 is 11.1 Å². The monoisotopic (exact) mass is 287 g/mol. The number of amides is 1. The highest BCUT2D eigenvalue weighted by molar-refractivity contribution is 5.91. The topological polar surface area (TPSA) is 85.8 Å². The first-order valence-electron chi connectivity index (χ1n) is 7.13. The van der Waals surface area contributed by atoms with E-state index < -0.39 is 0 Å². The van der Waals surface area contributed by atoms with E-state index in [1.165, 1.54) is 0 Å². The Morgan fingerprint density at radius 1 is 1.33 bits per heavy atom. The highest BCUT2D eigenvalue weighted by Crippen LogP contribution is 2.13. The SMILES string of the molecule is Cc1ccccc1NC(=O)Cn1cc(CCCCN)nn1. The van der Waals surface area contributed by atoms with E-state index >= 15 is 0 Å². The summed E-state index contributed by atoms with van der Waals surface area (Å²) >= 11 is 0. The third kappa shape index (κ3) is 4.68. The molecule has 0 unspecified atom stereocenters. The van der Waals surface area contributed by atoms with E-state index in [1.807, 2.05) is 37.4 Å². The number of nitrogens with one attached hydrogen (secondary N) is 1. The number of carbonyl (C=O) groups excluding carboxylic acids is 1. The van der Waals surface area contributed by atoms with Gasteiger partial charge in [0, 0.05) is 11.9 Å². The van der Waals surface area contributed by atoms with Crippen LogP contribution in [0, 0.1) is 6.92 Å². The maximum atomic E-state index is 12.0. The van der Waals surface area contributed by atoms with Crippen molar-refractivity contribution in [3.8, 4) is 0 Å². The van der Waals surface area contributed by atoms with Crippen molar-refractivity contribution >= 4 is 11.6 Å². The third-order valence-electron chi connectivity index (χ3n) is 3.20. The van der Waals surface area contributed by atoms with Gasteiger partial charge in [0.2, 0.25) is 5.91 Å². The van der Waals surface area contributed by atoms with Crippen molar-refractivity contribution in [2.75, 3.05) is 11.9 Å². The van der Waals surface area contributed by atoms with Crippen LogP contribution >= 0.6 is 0 Å². The number of unbranched alkanes of at least 4 members (excludes halogenated alkanes) is 1. The molecule has 0 aliphatic heterocycles. The molecule has 0 aliphatic rings. The fourth-order valence-electron chi connectivity index (χ4n) is 2.03. The molecule has 0 saturated heterocycles. The highest BCUT2D eigenvalue weighted by atomic mass is 16.2. The molecule has 1 aromatic carbocycles. The molecule has 0 bridgehead atoms. The Labute approximate surface area is 124 Å². The Kier molecular flexibility index (Phi) is 5.45. The molecule has 6 heteroatoms.